The number of hydrogen-bond acceptors (Lipinski definition) is 4. The molecule has 1 aliphatic rings. The maximum atomic E-state index is 9.69. The maximum Gasteiger partial charge on any atom is 0.188 e. The van der Waals surface area contributed by atoms with E-state index in [1.54, 1.807) is 0 Å². The molecule has 0 spiro atoms. The monoisotopic (exact) mass is 675 g/mol. The Balaban J connectivity index is 1.31. The Labute approximate surface area is 305 Å². The van der Waals surface area contributed by atoms with Crippen LogP contribution in [-0.4, -0.2) is 9.55 Å². The average molecular weight is 676 g/mol. The smallest absolute Gasteiger partial charge is 0.188 e. The number of aromatic nitrogens is 2. The molecule has 7 heteroatoms. The molecule has 244 valence electrons. The fourth-order valence-electron chi connectivity index (χ4n) is 7.92. The summed E-state index contributed by atoms with van der Waals surface area (Å²) in [4.78, 5) is 14.9. The van der Waals surface area contributed by atoms with E-state index in [1.807, 2.05) is 127 Å². The molecular formula is C46H25N7. The van der Waals surface area contributed by atoms with E-state index < -0.39 is 5.41 Å². The van der Waals surface area contributed by atoms with Crippen LogP contribution in [0.2, 0.25) is 0 Å². The maximum absolute atomic E-state index is 9.69. The van der Waals surface area contributed by atoms with Crippen LogP contribution >= 0.6 is 0 Å². The van der Waals surface area contributed by atoms with Crippen LogP contribution in [0, 0.1) is 35.8 Å². The molecule has 53 heavy (non-hydrogen) atoms. The summed E-state index contributed by atoms with van der Waals surface area (Å²) < 4.78 is 2.09. The number of benzene rings is 6. The minimum Gasteiger partial charge on any atom is -0.294 e. The lowest BCUT2D eigenvalue weighted by atomic mass is 9.62. The highest BCUT2D eigenvalue weighted by Gasteiger charge is 2.46. The molecule has 0 aliphatic carbocycles. The molecule has 9 rings (SSSR count). The van der Waals surface area contributed by atoms with Gasteiger partial charge in [-0.15, -0.1) is 0 Å². The van der Waals surface area contributed by atoms with Gasteiger partial charge >= 0.3 is 0 Å². The molecule has 0 amide bonds. The van der Waals surface area contributed by atoms with E-state index in [2.05, 4.69) is 55.6 Å². The number of hydrogen-bond donors (Lipinski definition) is 0. The van der Waals surface area contributed by atoms with Gasteiger partial charge in [0.15, 0.2) is 11.4 Å². The van der Waals surface area contributed by atoms with Crippen LogP contribution in [0.3, 0.4) is 0 Å². The summed E-state index contributed by atoms with van der Waals surface area (Å²) in [5.74, 6) is 1.40. The fourth-order valence-corrected chi connectivity index (χ4v) is 7.92. The lowest BCUT2D eigenvalue weighted by Gasteiger charge is -2.46. The van der Waals surface area contributed by atoms with Crippen LogP contribution in [0.4, 0.5) is 28.6 Å². The summed E-state index contributed by atoms with van der Waals surface area (Å²) >= 11 is 0. The first kappa shape index (κ1) is 31.0. The number of nitriles is 2. The average Bonchev–Trinajstić information content (AvgIpc) is 3.55. The van der Waals surface area contributed by atoms with Gasteiger partial charge in [0, 0.05) is 0 Å². The Morgan fingerprint density at radius 1 is 0.528 bits per heavy atom. The second-order valence-corrected chi connectivity index (χ2v) is 12.8. The molecule has 0 saturated carbocycles. The molecule has 0 unspecified atom stereocenters. The van der Waals surface area contributed by atoms with E-state index in [4.69, 9.17) is 18.1 Å². The number of fused-ring (bicyclic) bond motifs is 5. The number of nitrogens with zero attached hydrogens (tertiary/aromatic N) is 7. The van der Waals surface area contributed by atoms with Gasteiger partial charge in [0.1, 0.15) is 11.6 Å². The van der Waals surface area contributed by atoms with Gasteiger partial charge in [0.2, 0.25) is 0 Å². The van der Waals surface area contributed by atoms with E-state index in [9.17, 15) is 10.5 Å². The first-order valence-corrected chi connectivity index (χ1v) is 16.9. The van der Waals surface area contributed by atoms with Crippen LogP contribution in [0.15, 0.2) is 152 Å². The summed E-state index contributed by atoms with van der Waals surface area (Å²) in [6.45, 7) is 15.3. The molecule has 2 aromatic heterocycles. The lowest BCUT2D eigenvalue weighted by molar-refractivity contribution is 0.729. The third kappa shape index (κ3) is 4.60. The molecule has 0 saturated heterocycles. The van der Waals surface area contributed by atoms with Crippen LogP contribution in [0.25, 0.3) is 37.3 Å². The first-order chi connectivity index (χ1) is 26.1. The lowest BCUT2D eigenvalue weighted by Crippen LogP contribution is -2.38. The van der Waals surface area contributed by atoms with Gasteiger partial charge in [-0.2, -0.15) is 10.5 Å². The van der Waals surface area contributed by atoms with Crippen LogP contribution < -0.4 is 4.90 Å². The Morgan fingerprint density at radius 3 is 1.47 bits per heavy atom. The molecule has 0 fully saturated rings. The fraction of sp³-hybridized carbons (Fsp3) is 0.0217. The summed E-state index contributed by atoms with van der Waals surface area (Å²) in [7, 11) is 0. The van der Waals surface area contributed by atoms with Gasteiger partial charge < -0.3 is 0 Å². The zero-order chi connectivity index (χ0) is 36.1. The van der Waals surface area contributed by atoms with Crippen molar-refractivity contribution in [2.24, 2.45) is 0 Å². The van der Waals surface area contributed by atoms with Crippen molar-refractivity contribution in [3.63, 3.8) is 0 Å². The minimum atomic E-state index is -0.794. The van der Waals surface area contributed by atoms with E-state index in [-0.39, 0.29) is 0 Å². The molecule has 7 nitrogen and oxygen atoms in total. The van der Waals surface area contributed by atoms with E-state index >= 15 is 0 Å². The molecule has 0 radical (unpaired) electrons. The third-order valence-electron chi connectivity index (χ3n) is 10.2. The Morgan fingerprint density at radius 2 is 1.00 bits per heavy atom. The molecule has 0 bridgehead atoms. The number of pyridine rings is 1. The number of para-hydroxylation sites is 2. The topological polar surface area (TPSA) is 77.4 Å². The first-order valence-electron chi connectivity index (χ1n) is 16.9. The molecule has 8 aromatic rings. The van der Waals surface area contributed by atoms with Crippen molar-refractivity contribution >= 4 is 50.4 Å². The van der Waals surface area contributed by atoms with Crippen molar-refractivity contribution in [1.29, 1.82) is 10.5 Å². The predicted molar refractivity (Wildman–Crippen MR) is 207 cm³/mol. The van der Waals surface area contributed by atoms with Gasteiger partial charge in [0.05, 0.1) is 64.2 Å². The Bertz CT molecular complexity index is 2770. The molecule has 6 aromatic carbocycles. The predicted octanol–water partition coefficient (Wildman–Crippen LogP) is 11.2. The van der Waals surface area contributed by atoms with Gasteiger partial charge in [-0.25, -0.2) is 14.7 Å². The molecular weight excluding hydrogens is 651 g/mol. The van der Waals surface area contributed by atoms with Crippen LogP contribution in [-0.2, 0) is 5.41 Å². The van der Waals surface area contributed by atoms with Gasteiger partial charge in [-0.1, -0.05) is 78.9 Å². The summed E-state index contributed by atoms with van der Waals surface area (Å²) in [5, 5.41) is 21.1. The Hall–Kier alpha value is -7.97. The van der Waals surface area contributed by atoms with Crippen molar-refractivity contribution < 1.29 is 0 Å². The zero-order valence-electron chi connectivity index (χ0n) is 28.1. The van der Waals surface area contributed by atoms with Crippen molar-refractivity contribution in [2.45, 2.75) is 5.41 Å². The normalized spacial score (nSPS) is 12.6. The summed E-state index contributed by atoms with van der Waals surface area (Å²) in [6, 6.07) is 54.0. The van der Waals surface area contributed by atoms with Gasteiger partial charge in [-0.3, -0.25) is 9.47 Å². The van der Waals surface area contributed by atoms with Crippen molar-refractivity contribution in [3.05, 3.63) is 208 Å². The SMILES string of the molecule is [C-]#[N+]c1ccc2c(c1)c1cc([N+]#[C-])ccc1n2-c1cccc(N2c3ccccc3C(c3ccc(C#N)cc3)(c3ccc(C#N)cc3)c3ccccc32)n1. The van der Waals surface area contributed by atoms with Crippen molar-refractivity contribution in [1.82, 2.24) is 9.55 Å². The number of rotatable bonds is 4. The molecule has 0 atom stereocenters. The largest absolute Gasteiger partial charge is 0.294 e. The second-order valence-electron chi connectivity index (χ2n) is 12.8. The quantitative estimate of drug-likeness (QED) is 0.174. The molecule has 3 heterocycles. The molecule has 0 N–H and O–H groups in total. The summed E-state index contributed by atoms with van der Waals surface area (Å²) in [5.41, 5.74) is 9.10. The highest BCUT2D eigenvalue weighted by Crippen LogP contribution is 2.57. The van der Waals surface area contributed by atoms with Crippen molar-refractivity contribution in [3.8, 4) is 18.0 Å². The second kappa shape index (κ2) is 12.1. The van der Waals surface area contributed by atoms with Gasteiger partial charge in [0.25, 0.3) is 0 Å². The van der Waals surface area contributed by atoms with E-state index in [1.165, 1.54) is 0 Å². The highest BCUT2D eigenvalue weighted by molar-refractivity contribution is 6.11. The van der Waals surface area contributed by atoms with E-state index in [0.29, 0.717) is 34.1 Å². The third-order valence-corrected chi connectivity index (χ3v) is 10.2. The highest BCUT2D eigenvalue weighted by atomic mass is 15.2. The minimum absolute atomic E-state index is 0.529. The molecule has 1 aliphatic heterocycles. The zero-order valence-corrected chi connectivity index (χ0v) is 28.1. The summed E-state index contributed by atoms with van der Waals surface area (Å²) in [6.07, 6.45) is 0. The Kier molecular flexibility index (Phi) is 7.10. The van der Waals surface area contributed by atoms with Crippen LogP contribution in [0.1, 0.15) is 33.4 Å². The van der Waals surface area contributed by atoms with Crippen molar-refractivity contribution in [2.75, 3.05) is 4.90 Å². The standard InChI is InChI=1S/C46H25N7/c1-49-34-22-24-40-36(26-34)37-27-35(50-2)23-25-41(37)52(40)44-12-7-13-45(51-44)53-42-10-5-3-8-38(42)46(39-9-4-6-11-43(39)53,32-18-14-30(28-47)15-19-32)33-20-16-31(29-48)17-21-33/h3-27H. The van der Waals surface area contributed by atoms with E-state index in [0.717, 1.165) is 55.4 Å². The van der Waals surface area contributed by atoms with Gasteiger partial charge in [-0.05, 0) is 106 Å². The van der Waals surface area contributed by atoms with Crippen LogP contribution in [0.5, 0.6) is 0 Å². The number of anilines is 3.